The third-order valence-corrected chi connectivity index (χ3v) is 3.31. The SMILES string of the molecule is COCS(=O)(=O)C(C)CC(=O)O. The summed E-state index contributed by atoms with van der Waals surface area (Å²) in [6.45, 7) is 1.35. The number of aliphatic carboxylic acids is 1. The highest BCUT2D eigenvalue weighted by Crippen LogP contribution is 2.06. The van der Waals surface area contributed by atoms with E-state index in [1.807, 2.05) is 0 Å². The van der Waals surface area contributed by atoms with E-state index < -0.39 is 27.0 Å². The van der Waals surface area contributed by atoms with Crippen LogP contribution in [-0.4, -0.2) is 37.8 Å². The van der Waals surface area contributed by atoms with Gasteiger partial charge in [-0.05, 0) is 6.92 Å². The average molecular weight is 196 g/mol. The molecule has 0 heterocycles. The Kier molecular flexibility index (Phi) is 4.19. The zero-order valence-electron chi connectivity index (χ0n) is 6.98. The van der Waals surface area contributed by atoms with Gasteiger partial charge in [-0.2, -0.15) is 0 Å². The van der Waals surface area contributed by atoms with Crippen molar-refractivity contribution < 1.29 is 23.1 Å². The van der Waals surface area contributed by atoms with Gasteiger partial charge in [0.05, 0.1) is 11.7 Å². The molecule has 0 aliphatic rings. The minimum Gasteiger partial charge on any atom is -0.481 e. The maximum atomic E-state index is 11.1. The van der Waals surface area contributed by atoms with E-state index in [2.05, 4.69) is 4.74 Å². The van der Waals surface area contributed by atoms with Gasteiger partial charge in [0.25, 0.3) is 0 Å². The second-order valence-corrected chi connectivity index (χ2v) is 4.84. The van der Waals surface area contributed by atoms with Crippen molar-refractivity contribution in [2.45, 2.75) is 18.6 Å². The van der Waals surface area contributed by atoms with Crippen molar-refractivity contribution in [2.75, 3.05) is 13.0 Å². The van der Waals surface area contributed by atoms with E-state index in [1.165, 1.54) is 14.0 Å². The summed E-state index contributed by atoms with van der Waals surface area (Å²) in [5.41, 5.74) is 0. The second kappa shape index (κ2) is 4.42. The van der Waals surface area contributed by atoms with E-state index in [1.54, 1.807) is 0 Å². The zero-order chi connectivity index (χ0) is 9.78. The van der Waals surface area contributed by atoms with E-state index in [-0.39, 0.29) is 6.42 Å². The summed E-state index contributed by atoms with van der Waals surface area (Å²) in [5.74, 6) is -1.55. The van der Waals surface area contributed by atoms with Crippen molar-refractivity contribution in [1.82, 2.24) is 0 Å². The Hall–Kier alpha value is -0.620. The van der Waals surface area contributed by atoms with Gasteiger partial charge in [0, 0.05) is 7.11 Å². The first-order valence-corrected chi connectivity index (χ1v) is 5.04. The number of rotatable bonds is 5. The Labute approximate surface area is 71.3 Å². The summed E-state index contributed by atoms with van der Waals surface area (Å²) < 4.78 is 26.6. The summed E-state index contributed by atoms with van der Waals surface area (Å²) >= 11 is 0. The number of ether oxygens (including phenoxy) is 1. The largest absolute Gasteiger partial charge is 0.481 e. The fourth-order valence-corrected chi connectivity index (χ4v) is 1.61. The molecule has 0 fully saturated rings. The third kappa shape index (κ3) is 3.68. The van der Waals surface area contributed by atoms with Gasteiger partial charge >= 0.3 is 5.97 Å². The van der Waals surface area contributed by atoms with E-state index >= 15 is 0 Å². The molecule has 0 radical (unpaired) electrons. The predicted molar refractivity (Wildman–Crippen MR) is 42.5 cm³/mol. The van der Waals surface area contributed by atoms with Crippen LogP contribution in [0.4, 0.5) is 0 Å². The number of hydrogen-bond donors (Lipinski definition) is 1. The standard InChI is InChI=1S/C6H12O5S/c1-5(3-6(7)8)12(9,10)4-11-2/h5H,3-4H2,1-2H3,(H,7,8). The van der Waals surface area contributed by atoms with E-state index in [4.69, 9.17) is 5.11 Å². The Morgan fingerprint density at radius 3 is 2.42 bits per heavy atom. The molecule has 1 unspecified atom stereocenters. The Morgan fingerprint density at radius 1 is 1.58 bits per heavy atom. The van der Waals surface area contributed by atoms with Crippen molar-refractivity contribution >= 4 is 15.8 Å². The molecule has 72 valence electrons. The van der Waals surface area contributed by atoms with E-state index in [0.29, 0.717) is 0 Å². The lowest BCUT2D eigenvalue weighted by atomic mass is 10.3. The predicted octanol–water partition coefficient (Wildman–Crippen LogP) is -0.132. The van der Waals surface area contributed by atoms with Crippen LogP contribution in [0, 0.1) is 0 Å². The molecule has 0 spiro atoms. The summed E-state index contributed by atoms with van der Waals surface area (Å²) in [6.07, 6.45) is -0.383. The molecule has 1 N–H and O–H groups in total. The molecule has 0 bridgehead atoms. The van der Waals surface area contributed by atoms with Gasteiger partial charge in [-0.25, -0.2) is 8.42 Å². The van der Waals surface area contributed by atoms with Crippen LogP contribution in [0.3, 0.4) is 0 Å². The number of methoxy groups -OCH3 is 1. The van der Waals surface area contributed by atoms with Crippen LogP contribution < -0.4 is 0 Å². The molecule has 0 aromatic heterocycles. The monoisotopic (exact) mass is 196 g/mol. The zero-order valence-corrected chi connectivity index (χ0v) is 7.80. The van der Waals surface area contributed by atoms with Crippen molar-refractivity contribution in [3.8, 4) is 0 Å². The molecule has 12 heavy (non-hydrogen) atoms. The minimum atomic E-state index is -3.41. The molecular weight excluding hydrogens is 184 g/mol. The Bertz CT molecular complexity index is 243. The van der Waals surface area contributed by atoms with E-state index in [0.717, 1.165) is 0 Å². The molecule has 6 heteroatoms. The lowest BCUT2D eigenvalue weighted by Crippen LogP contribution is -2.24. The van der Waals surface area contributed by atoms with Gasteiger partial charge in [-0.1, -0.05) is 0 Å². The molecule has 0 saturated carbocycles. The van der Waals surface area contributed by atoms with Crippen LogP contribution in [0.2, 0.25) is 0 Å². The van der Waals surface area contributed by atoms with Gasteiger partial charge in [-0.3, -0.25) is 4.79 Å². The number of hydrogen-bond acceptors (Lipinski definition) is 4. The smallest absolute Gasteiger partial charge is 0.304 e. The average Bonchev–Trinajstić information content (AvgIpc) is 1.85. The van der Waals surface area contributed by atoms with Crippen LogP contribution in [0.25, 0.3) is 0 Å². The van der Waals surface area contributed by atoms with Crippen molar-refractivity contribution in [3.63, 3.8) is 0 Å². The Morgan fingerprint density at radius 2 is 2.08 bits per heavy atom. The molecular formula is C6H12O5S. The highest BCUT2D eigenvalue weighted by molar-refractivity contribution is 7.91. The van der Waals surface area contributed by atoms with Crippen LogP contribution >= 0.6 is 0 Å². The van der Waals surface area contributed by atoms with Crippen molar-refractivity contribution in [2.24, 2.45) is 0 Å². The molecule has 0 aliphatic carbocycles. The molecule has 1 atom stereocenters. The summed E-state index contributed by atoms with van der Waals surface area (Å²) in [4.78, 5) is 10.2. The quantitative estimate of drug-likeness (QED) is 0.662. The van der Waals surface area contributed by atoms with Gasteiger partial charge in [0.15, 0.2) is 9.84 Å². The number of carboxylic acid groups (broad SMARTS) is 1. The maximum Gasteiger partial charge on any atom is 0.304 e. The van der Waals surface area contributed by atoms with Gasteiger partial charge in [0.1, 0.15) is 5.94 Å². The molecule has 0 aromatic carbocycles. The Balaban J connectivity index is 4.26. The third-order valence-electron chi connectivity index (χ3n) is 1.36. The molecule has 0 aromatic rings. The summed E-state index contributed by atoms with van der Waals surface area (Å²) in [6, 6.07) is 0. The summed E-state index contributed by atoms with van der Waals surface area (Å²) in [7, 11) is -2.15. The molecule has 5 nitrogen and oxygen atoms in total. The van der Waals surface area contributed by atoms with Gasteiger partial charge < -0.3 is 9.84 Å². The topological polar surface area (TPSA) is 80.7 Å². The minimum absolute atomic E-state index is 0.383. The first-order chi connectivity index (χ1) is 5.40. The molecule has 0 rings (SSSR count). The molecule has 0 aliphatic heterocycles. The van der Waals surface area contributed by atoms with Crippen LogP contribution in [0.1, 0.15) is 13.3 Å². The highest BCUT2D eigenvalue weighted by Gasteiger charge is 2.22. The molecule has 0 amide bonds. The van der Waals surface area contributed by atoms with Gasteiger partial charge in [0.2, 0.25) is 0 Å². The normalized spacial score (nSPS) is 14.2. The first kappa shape index (κ1) is 11.4. The number of sulfone groups is 1. The highest BCUT2D eigenvalue weighted by atomic mass is 32.2. The lowest BCUT2D eigenvalue weighted by Gasteiger charge is -2.08. The van der Waals surface area contributed by atoms with Crippen LogP contribution in [0.5, 0.6) is 0 Å². The van der Waals surface area contributed by atoms with Crippen molar-refractivity contribution in [3.05, 3.63) is 0 Å². The molecule has 0 saturated heterocycles. The fraction of sp³-hybridized carbons (Fsp3) is 0.833. The van der Waals surface area contributed by atoms with Crippen LogP contribution in [0.15, 0.2) is 0 Å². The maximum absolute atomic E-state index is 11.1. The lowest BCUT2D eigenvalue weighted by molar-refractivity contribution is -0.136. The summed E-state index contributed by atoms with van der Waals surface area (Å²) in [5, 5.41) is 7.42. The number of carbonyl (C=O) groups is 1. The number of carboxylic acids is 1. The fourth-order valence-electron chi connectivity index (χ4n) is 0.653. The van der Waals surface area contributed by atoms with Crippen LogP contribution in [-0.2, 0) is 19.4 Å². The van der Waals surface area contributed by atoms with E-state index in [9.17, 15) is 13.2 Å². The van der Waals surface area contributed by atoms with Crippen molar-refractivity contribution in [1.29, 1.82) is 0 Å². The second-order valence-electron chi connectivity index (χ2n) is 2.48. The van der Waals surface area contributed by atoms with Gasteiger partial charge in [-0.15, -0.1) is 0 Å². The first-order valence-electron chi connectivity index (χ1n) is 3.32.